The molecule has 2 amide bonds. The van der Waals surface area contributed by atoms with E-state index >= 15 is 0 Å². The minimum Gasteiger partial charge on any atom is -0.496 e. The first-order valence-corrected chi connectivity index (χ1v) is 8.24. The summed E-state index contributed by atoms with van der Waals surface area (Å²) >= 11 is 0. The van der Waals surface area contributed by atoms with Crippen molar-refractivity contribution in [3.8, 4) is 5.75 Å². The van der Waals surface area contributed by atoms with Crippen LogP contribution in [0.2, 0.25) is 0 Å². The third-order valence-electron chi connectivity index (χ3n) is 3.88. The van der Waals surface area contributed by atoms with Crippen molar-refractivity contribution in [3.63, 3.8) is 0 Å². The molecule has 0 saturated carbocycles. The minimum absolute atomic E-state index is 0.0515. The van der Waals surface area contributed by atoms with Gasteiger partial charge in [0.2, 0.25) is 11.8 Å². The average molecular weight is 340 g/mol. The summed E-state index contributed by atoms with van der Waals surface area (Å²) in [4.78, 5) is 24.0. The van der Waals surface area contributed by atoms with Gasteiger partial charge >= 0.3 is 0 Å². The fraction of sp³-hybridized carbons (Fsp3) is 0.300. The van der Waals surface area contributed by atoms with Crippen molar-refractivity contribution in [1.29, 1.82) is 0 Å². The lowest BCUT2D eigenvalue weighted by molar-refractivity contribution is -0.126. The molecule has 0 radical (unpaired) electrons. The van der Waals surface area contributed by atoms with Gasteiger partial charge < -0.3 is 15.4 Å². The minimum atomic E-state index is -0.238. The van der Waals surface area contributed by atoms with Crippen molar-refractivity contribution in [2.24, 2.45) is 0 Å². The smallest absolute Gasteiger partial charge is 0.239 e. The van der Waals surface area contributed by atoms with Crippen LogP contribution in [0, 0.1) is 6.92 Å². The van der Waals surface area contributed by atoms with E-state index in [2.05, 4.69) is 10.6 Å². The van der Waals surface area contributed by atoms with Gasteiger partial charge in [0.15, 0.2) is 0 Å². The van der Waals surface area contributed by atoms with E-state index in [1.807, 2.05) is 62.4 Å². The van der Waals surface area contributed by atoms with Crippen LogP contribution in [-0.2, 0) is 16.0 Å². The molecule has 0 fully saturated rings. The van der Waals surface area contributed by atoms with Crippen molar-refractivity contribution in [1.82, 2.24) is 10.6 Å². The van der Waals surface area contributed by atoms with Gasteiger partial charge in [-0.25, -0.2) is 0 Å². The van der Waals surface area contributed by atoms with Gasteiger partial charge in [0, 0.05) is 5.56 Å². The average Bonchev–Trinajstić information content (AvgIpc) is 2.60. The first kappa shape index (κ1) is 18.5. The Morgan fingerprint density at radius 2 is 1.80 bits per heavy atom. The zero-order chi connectivity index (χ0) is 18.2. The van der Waals surface area contributed by atoms with Gasteiger partial charge in [-0.1, -0.05) is 48.0 Å². The number of rotatable bonds is 7. The molecule has 132 valence electrons. The molecule has 2 N–H and O–H groups in total. The van der Waals surface area contributed by atoms with E-state index in [0.717, 1.165) is 22.4 Å². The third-order valence-corrected chi connectivity index (χ3v) is 3.88. The Morgan fingerprint density at radius 3 is 2.48 bits per heavy atom. The Balaban J connectivity index is 1.85. The second-order valence-corrected chi connectivity index (χ2v) is 5.97. The maximum absolute atomic E-state index is 12.1. The summed E-state index contributed by atoms with van der Waals surface area (Å²) in [6.07, 6.45) is 0.259. The standard InChI is InChI=1S/C20H24N2O3/c1-14-9-10-18(25-3)17(11-14)15(2)22-20(24)13-21-19(23)12-16-7-5-4-6-8-16/h4-11,15H,12-13H2,1-3H3,(H,21,23)(H,22,24)/t15-/m1/s1. The van der Waals surface area contributed by atoms with Gasteiger partial charge in [-0.05, 0) is 25.5 Å². The van der Waals surface area contributed by atoms with Crippen LogP contribution in [0.4, 0.5) is 0 Å². The number of carbonyl (C=O) groups excluding carboxylic acids is 2. The fourth-order valence-electron chi connectivity index (χ4n) is 2.59. The normalized spacial score (nSPS) is 11.5. The SMILES string of the molecule is COc1ccc(C)cc1[C@@H](C)NC(=O)CNC(=O)Cc1ccccc1. The predicted octanol–water partition coefficient (Wildman–Crippen LogP) is 2.54. The number of methoxy groups -OCH3 is 1. The second-order valence-electron chi connectivity index (χ2n) is 5.97. The number of hydrogen-bond donors (Lipinski definition) is 2. The zero-order valence-electron chi connectivity index (χ0n) is 14.8. The van der Waals surface area contributed by atoms with Crippen LogP contribution in [0.3, 0.4) is 0 Å². The van der Waals surface area contributed by atoms with E-state index in [0.29, 0.717) is 0 Å². The van der Waals surface area contributed by atoms with Gasteiger partial charge in [0.05, 0.1) is 26.1 Å². The lowest BCUT2D eigenvalue weighted by atomic mass is 10.0. The van der Waals surface area contributed by atoms with Gasteiger partial charge in [-0.15, -0.1) is 0 Å². The van der Waals surface area contributed by atoms with Gasteiger partial charge in [0.25, 0.3) is 0 Å². The molecular formula is C20H24N2O3. The van der Waals surface area contributed by atoms with Gasteiger partial charge in [-0.2, -0.15) is 0 Å². The van der Waals surface area contributed by atoms with E-state index in [1.165, 1.54) is 0 Å². The van der Waals surface area contributed by atoms with Crippen molar-refractivity contribution in [2.45, 2.75) is 26.3 Å². The molecular weight excluding hydrogens is 316 g/mol. The molecule has 0 aromatic heterocycles. The number of nitrogens with one attached hydrogen (secondary N) is 2. The van der Waals surface area contributed by atoms with E-state index in [1.54, 1.807) is 7.11 Å². The predicted molar refractivity (Wildman–Crippen MR) is 97.4 cm³/mol. The third kappa shape index (κ3) is 5.64. The van der Waals surface area contributed by atoms with Crippen LogP contribution in [0.25, 0.3) is 0 Å². The van der Waals surface area contributed by atoms with Crippen molar-refractivity contribution < 1.29 is 14.3 Å². The quantitative estimate of drug-likeness (QED) is 0.814. The maximum Gasteiger partial charge on any atom is 0.239 e. The maximum atomic E-state index is 12.1. The molecule has 5 nitrogen and oxygen atoms in total. The molecule has 0 saturated heterocycles. The van der Waals surface area contributed by atoms with E-state index in [9.17, 15) is 9.59 Å². The largest absolute Gasteiger partial charge is 0.496 e. The summed E-state index contributed by atoms with van der Waals surface area (Å²) in [5.41, 5.74) is 2.91. The summed E-state index contributed by atoms with van der Waals surface area (Å²) in [6.45, 7) is 3.83. The number of aryl methyl sites for hydroxylation is 1. The first-order valence-electron chi connectivity index (χ1n) is 8.24. The van der Waals surface area contributed by atoms with Crippen LogP contribution >= 0.6 is 0 Å². The highest BCUT2D eigenvalue weighted by Gasteiger charge is 2.15. The molecule has 0 unspecified atom stereocenters. The highest BCUT2D eigenvalue weighted by molar-refractivity contribution is 5.85. The van der Waals surface area contributed by atoms with Crippen molar-refractivity contribution >= 4 is 11.8 Å². The van der Waals surface area contributed by atoms with Crippen LogP contribution in [-0.4, -0.2) is 25.5 Å². The molecule has 2 aromatic rings. The van der Waals surface area contributed by atoms with E-state index < -0.39 is 0 Å². The second kappa shape index (κ2) is 8.87. The molecule has 0 aliphatic rings. The fourth-order valence-corrected chi connectivity index (χ4v) is 2.59. The molecule has 25 heavy (non-hydrogen) atoms. The monoisotopic (exact) mass is 340 g/mol. The van der Waals surface area contributed by atoms with Crippen LogP contribution in [0.5, 0.6) is 5.75 Å². The highest BCUT2D eigenvalue weighted by atomic mass is 16.5. The summed E-state index contributed by atoms with van der Waals surface area (Å²) in [5, 5.41) is 5.53. The number of carbonyl (C=O) groups is 2. The summed E-state index contributed by atoms with van der Waals surface area (Å²) in [7, 11) is 1.60. The Hall–Kier alpha value is -2.82. The van der Waals surface area contributed by atoms with E-state index in [-0.39, 0.29) is 30.8 Å². The first-order chi connectivity index (χ1) is 12.0. The molecule has 0 spiro atoms. The van der Waals surface area contributed by atoms with Crippen molar-refractivity contribution in [3.05, 3.63) is 65.2 Å². The Morgan fingerprint density at radius 1 is 1.08 bits per heavy atom. The summed E-state index contributed by atoms with van der Waals surface area (Å²) in [6, 6.07) is 15.0. The molecule has 2 rings (SSSR count). The lowest BCUT2D eigenvalue weighted by Gasteiger charge is -2.18. The number of benzene rings is 2. The number of ether oxygens (including phenoxy) is 1. The molecule has 0 aliphatic heterocycles. The number of hydrogen-bond acceptors (Lipinski definition) is 3. The Bertz CT molecular complexity index is 729. The molecule has 1 atom stereocenters. The van der Waals surface area contributed by atoms with E-state index in [4.69, 9.17) is 4.74 Å². The van der Waals surface area contributed by atoms with Gasteiger partial charge in [0.1, 0.15) is 5.75 Å². The molecule has 0 bridgehead atoms. The highest BCUT2D eigenvalue weighted by Crippen LogP contribution is 2.25. The summed E-state index contributed by atoms with van der Waals surface area (Å²) < 4.78 is 5.35. The summed E-state index contributed by atoms with van der Waals surface area (Å²) in [5.74, 6) is 0.311. The Labute approximate surface area is 148 Å². The molecule has 0 aliphatic carbocycles. The molecule has 2 aromatic carbocycles. The number of amides is 2. The lowest BCUT2D eigenvalue weighted by Crippen LogP contribution is -2.38. The zero-order valence-corrected chi connectivity index (χ0v) is 14.8. The van der Waals surface area contributed by atoms with Crippen LogP contribution < -0.4 is 15.4 Å². The molecule has 0 heterocycles. The topological polar surface area (TPSA) is 67.4 Å². The van der Waals surface area contributed by atoms with Crippen LogP contribution in [0.1, 0.15) is 29.7 Å². The van der Waals surface area contributed by atoms with Gasteiger partial charge in [-0.3, -0.25) is 9.59 Å². The molecule has 5 heteroatoms. The van der Waals surface area contributed by atoms with Crippen LogP contribution in [0.15, 0.2) is 48.5 Å². The van der Waals surface area contributed by atoms with Crippen molar-refractivity contribution in [2.75, 3.05) is 13.7 Å². The Kier molecular flexibility index (Phi) is 6.57.